The smallest absolute Gasteiger partial charge is 0.272 e. The first-order chi connectivity index (χ1) is 8.95. The fraction of sp³-hybridized carbons (Fsp3) is 0.333. The minimum Gasteiger partial charge on any atom is -0.334 e. The van der Waals surface area contributed by atoms with E-state index < -0.39 is 0 Å². The summed E-state index contributed by atoms with van der Waals surface area (Å²) in [5, 5.41) is 1.76. The predicted molar refractivity (Wildman–Crippen MR) is 81.7 cm³/mol. The highest BCUT2D eigenvalue weighted by molar-refractivity contribution is 9.09. The monoisotopic (exact) mass is 320 g/mol. The Morgan fingerprint density at radius 3 is 2.63 bits per heavy atom. The van der Waals surface area contributed by atoms with E-state index in [1.165, 1.54) is 0 Å². The number of aromatic nitrogens is 1. The molecule has 0 saturated heterocycles. The summed E-state index contributed by atoms with van der Waals surface area (Å²) in [5.41, 5.74) is 1.08. The van der Waals surface area contributed by atoms with E-state index in [1.807, 2.05) is 44.2 Å². The topological polar surface area (TPSA) is 33.2 Å². The molecule has 100 valence electrons. The molecule has 4 heteroatoms. The molecule has 0 spiro atoms. The number of alkyl halides is 1. The number of carbonyl (C=O) groups is 1. The number of hydrogen-bond donors (Lipinski definition) is 0. The Morgan fingerprint density at radius 1 is 1.26 bits per heavy atom. The molecule has 1 aromatic carbocycles. The summed E-state index contributed by atoms with van der Waals surface area (Å²) in [4.78, 5) is 18.6. The summed E-state index contributed by atoms with van der Waals surface area (Å²) < 4.78 is 0. The Labute approximate surface area is 121 Å². The van der Waals surface area contributed by atoms with Crippen molar-refractivity contribution in [2.45, 2.75) is 19.4 Å². The van der Waals surface area contributed by atoms with Crippen molar-refractivity contribution in [3.8, 4) is 0 Å². The number of rotatable bonds is 3. The molecule has 0 saturated carbocycles. The van der Waals surface area contributed by atoms with Crippen molar-refractivity contribution in [3.05, 3.63) is 42.1 Å². The van der Waals surface area contributed by atoms with Gasteiger partial charge in [0.1, 0.15) is 5.69 Å². The van der Waals surface area contributed by atoms with E-state index in [1.54, 1.807) is 18.0 Å². The van der Waals surface area contributed by atoms with Gasteiger partial charge in [0.25, 0.3) is 5.91 Å². The normalized spacial score (nSPS) is 11.6. The van der Waals surface area contributed by atoms with E-state index in [9.17, 15) is 4.79 Å². The van der Waals surface area contributed by atoms with Crippen LogP contribution < -0.4 is 0 Å². The van der Waals surface area contributed by atoms with E-state index >= 15 is 0 Å². The molecule has 0 fully saturated rings. The van der Waals surface area contributed by atoms with Gasteiger partial charge in [0, 0.05) is 23.3 Å². The zero-order valence-corrected chi connectivity index (χ0v) is 12.9. The second-order valence-electron chi connectivity index (χ2n) is 5.20. The number of nitrogens with zero attached hydrogens (tertiary/aromatic N) is 2. The lowest BCUT2D eigenvalue weighted by molar-refractivity contribution is 0.0658. The number of hydrogen-bond acceptors (Lipinski definition) is 2. The van der Waals surface area contributed by atoms with Gasteiger partial charge in [-0.2, -0.15) is 0 Å². The third-order valence-electron chi connectivity index (χ3n) is 3.36. The number of benzene rings is 1. The zero-order chi connectivity index (χ0) is 14.0. The molecule has 2 rings (SSSR count). The lowest BCUT2D eigenvalue weighted by atomic mass is 10.1. The second-order valence-corrected chi connectivity index (χ2v) is 5.76. The number of carbonyl (C=O) groups excluding carboxylic acids is 1. The van der Waals surface area contributed by atoms with Crippen molar-refractivity contribution in [2.24, 2.45) is 0 Å². The van der Waals surface area contributed by atoms with Crippen LogP contribution in [0.3, 0.4) is 0 Å². The van der Waals surface area contributed by atoms with Gasteiger partial charge in [0.05, 0.1) is 5.52 Å². The summed E-state index contributed by atoms with van der Waals surface area (Å²) in [6.07, 6.45) is 0. The van der Waals surface area contributed by atoms with Crippen LogP contribution in [-0.2, 0) is 0 Å². The summed E-state index contributed by atoms with van der Waals surface area (Å²) in [7, 11) is 1.81. The first-order valence-electron chi connectivity index (χ1n) is 6.15. The highest BCUT2D eigenvalue weighted by atomic mass is 79.9. The van der Waals surface area contributed by atoms with Gasteiger partial charge in [0.2, 0.25) is 0 Å². The average Bonchev–Trinajstić information content (AvgIpc) is 2.45. The Bertz CT molecular complexity index is 610. The lowest BCUT2D eigenvalue weighted by Gasteiger charge is -2.33. The molecule has 0 aliphatic carbocycles. The lowest BCUT2D eigenvalue weighted by Crippen LogP contribution is -2.46. The van der Waals surface area contributed by atoms with E-state index in [0.29, 0.717) is 5.69 Å². The number of amides is 1. The van der Waals surface area contributed by atoms with Crippen molar-refractivity contribution in [2.75, 3.05) is 12.4 Å². The molecule has 2 aromatic rings. The quantitative estimate of drug-likeness (QED) is 0.811. The molecule has 1 heterocycles. The van der Waals surface area contributed by atoms with Crippen molar-refractivity contribution in [3.63, 3.8) is 0 Å². The third kappa shape index (κ3) is 2.78. The van der Waals surface area contributed by atoms with Crippen LogP contribution >= 0.6 is 15.9 Å². The van der Waals surface area contributed by atoms with Crippen LogP contribution in [-0.4, -0.2) is 33.7 Å². The first kappa shape index (κ1) is 14.0. The van der Waals surface area contributed by atoms with Gasteiger partial charge in [-0.05, 0) is 26.0 Å². The van der Waals surface area contributed by atoms with Crippen LogP contribution in [0.2, 0.25) is 0 Å². The number of halogens is 1. The maximum Gasteiger partial charge on any atom is 0.272 e. The Balaban J connectivity index is 2.36. The highest BCUT2D eigenvalue weighted by Gasteiger charge is 2.27. The SMILES string of the molecule is CN(C(=O)c1ccc2ccccc2n1)C(C)(C)CBr. The second kappa shape index (κ2) is 5.29. The van der Waals surface area contributed by atoms with Crippen LogP contribution in [0.5, 0.6) is 0 Å². The van der Waals surface area contributed by atoms with Crippen LogP contribution in [0.25, 0.3) is 10.9 Å². The Hall–Kier alpha value is -1.42. The number of para-hydroxylation sites is 1. The maximum absolute atomic E-state index is 12.4. The molecule has 1 amide bonds. The van der Waals surface area contributed by atoms with Gasteiger partial charge >= 0.3 is 0 Å². The Kier molecular flexibility index (Phi) is 3.90. The molecule has 0 atom stereocenters. The number of pyridine rings is 1. The fourth-order valence-electron chi connectivity index (χ4n) is 1.72. The van der Waals surface area contributed by atoms with Gasteiger partial charge in [-0.25, -0.2) is 4.98 Å². The van der Waals surface area contributed by atoms with Crippen LogP contribution in [0, 0.1) is 0 Å². The minimum atomic E-state index is -0.246. The highest BCUT2D eigenvalue weighted by Crippen LogP contribution is 2.19. The summed E-state index contributed by atoms with van der Waals surface area (Å²) in [5.74, 6) is -0.0600. The molecule has 0 aliphatic rings. The van der Waals surface area contributed by atoms with Crippen molar-refractivity contribution < 1.29 is 4.79 Å². The van der Waals surface area contributed by atoms with Crippen LogP contribution in [0.4, 0.5) is 0 Å². The van der Waals surface area contributed by atoms with Crippen LogP contribution in [0.1, 0.15) is 24.3 Å². The summed E-state index contributed by atoms with van der Waals surface area (Å²) in [6, 6.07) is 11.5. The van der Waals surface area contributed by atoms with Gasteiger partial charge in [0.15, 0.2) is 0 Å². The molecule has 0 bridgehead atoms. The van der Waals surface area contributed by atoms with E-state index in [-0.39, 0.29) is 11.4 Å². The number of fused-ring (bicyclic) bond motifs is 1. The molecule has 0 N–H and O–H groups in total. The molecule has 19 heavy (non-hydrogen) atoms. The van der Waals surface area contributed by atoms with E-state index in [2.05, 4.69) is 20.9 Å². The summed E-state index contributed by atoms with van der Waals surface area (Å²) >= 11 is 3.44. The van der Waals surface area contributed by atoms with Gasteiger partial charge in [-0.3, -0.25) is 4.79 Å². The average molecular weight is 321 g/mol. The van der Waals surface area contributed by atoms with Gasteiger partial charge in [-0.15, -0.1) is 0 Å². The van der Waals surface area contributed by atoms with E-state index in [4.69, 9.17) is 0 Å². The minimum absolute atomic E-state index is 0.0600. The molecule has 1 aromatic heterocycles. The van der Waals surface area contributed by atoms with Gasteiger partial charge < -0.3 is 4.90 Å². The molecule has 3 nitrogen and oxygen atoms in total. The largest absolute Gasteiger partial charge is 0.334 e. The zero-order valence-electron chi connectivity index (χ0n) is 11.4. The standard InChI is InChI=1S/C15H17BrN2O/c1-15(2,10-16)18(3)14(19)13-9-8-11-6-4-5-7-12(11)17-13/h4-9H,10H2,1-3H3. The van der Waals surface area contributed by atoms with Crippen molar-refractivity contribution >= 4 is 32.7 Å². The third-order valence-corrected chi connectivity index (χ3v) is 4.73. The Morgan fingerprint density at radius 2 is 1.95 bits per heavy atom. The predicted octanol–water partition coefficient (Wildman–Crippen LogP) is 3.48. The van der Waals surface area contributed by atoms with Crippen molar-refractivity contribution in [1.82, 2.24) is 9.88 Å². The first-order valence-corrected chi connectivity index (χ1v) is 7.28. The fourth-order valence-corrected chi connectivity index (χ4v) is 2.10. The van der Waals surface area contributed by atoms with E-state index in [0.717, 1.165) is 16.2 Å². The van der Waals surface area contributed by atoms with Crippen molar-refractivity contribution in [1.29, 1.82) is 0 Å². The molecular weight excluding hydrogens is 304 g/mol. The molecule has 0 radical (unpaired) electrons. The molecular formula is C15H17BrN2O. The summed E-state index contributed by atoms with van der Waals surface area (Å²) in [6.45, 7) is 4.03. The van der Waals surface area contributed by atoms with Gasteiger partial charge in [-0.1, -0.05) is 40.2 Å². The van der Waals surface area contributed by atoms with Crippen LogP contribution in [0.15, 0.2) is 36.4 Å². The maximum atomic E-state index is 12.4. The molecule has 0 aliphatic heterocycles. The molecule has 0 unspecified atom stereocenters.